The highest BCUT2D eigenvalue weighted by Gasteiger charge is 2.30. The normalized spacial score (nSPS) is 38.9. The maximum atomic E-state index is 5.74. The van der Waals surface area contributed by atoms with Crippen LogP contribution in [-0.2, 0) is 4.74 Å². The standard InChI is InChI=1S/C16H28O/c1-3-13-5-7-14(8-6-13)15-9-11-16(12-10-15)17-4-2/h3,13-16H,1,4-12H2,2H3/t13-,14-,15?,16?. The molecule has 0 N–H and O–H groups in total. The predicted octanol–water partition coefficient (Wildman–Crippen LogP) is 4.57. The smallest absolute Gasteiger partial charge is 0.0575 e. The zero-order valence-electron chi connectivity index (χ0n) is 11.4. The van der Waals surface area contributed by atoms with Crippen molar-refractivity contribution in [2.75, 3.05) is 6.61 Å². The summed E-state index contributed by atoms with van der Waals surface area (Å²) in [6.07, 6.45) is 13.8. The molecule has 0 radical (unpaired) electrons. The van der Waals surface area contributed by atoms with Gasteiger partial charge in [-0.25, -0.2) is 0 Å². The van der Waals surface area contributed by atoms with Crippen molar-refractivity contribution >= 4 is 0 Å². The van der Waals surface area contributed by atoms with Gasteiger partial charge in [0.25, 0.3) is 0 Å². The third kappa shape index (κ3) is 3.58. The average Bonchev–Trinajstić information content (AvgIpc) is 2.40. The van der Waals surface area contributed by atoms with Gasteiger partial charge in [0.05, 0.1) is 6.10 Å². The van der Waals surface area contributed by atoms with Crippen LogP contribution in [-0.4, -0.2) is 12.7 Å². The minimum Gasteiger partial charge on any atom is -0.379 e. The maximum absolute atomic E-state index is 5.74. The summed E-state index contributed by atoms with van der Waals surface area (Å²) in [6.45, 7) is 6.94. The van der Waals surface area contributed by atoms with E-state index in [1.807, 2.05) is 0 Å². The van der Waals surface area contributed by atoms with Gasteiger partial charge in [-0.3, -0.25) is 0 Å². The summed E-state index contributed by atoms with van der Waals surface area (Å²) in [5.41, 5.74) is 0. The number of rotatable bonds is 4. The molecule has 1 heteroatoms. The molecule has 0 aliphatic heterocycles. The molecule has 2 fully saturated rings. The van der Waals surface area contributed by atoms with Crippen LogP contribution in [0.3, 0.4) is 0 Å². The molecule has 0 amide bonds. The van der Waals surface area contributed by atoms with Crippen LogP contribution in [0.5, 0.6) is 0 Å². The van der Waals surface area contributed by atoms with Crippen LogP contribution < -0.4 is 0 Å². The van der Waals surface area contributed by atoms with Gasteiger partial charge in [0.2, 0.25) is 0 Å². The third-order valence-corrected chi connectivity index (χ3v) is 4.94. The van der Waals surface area contributed by atoms with Crippen LogP contribution in [0.15, 0.2) is 12.7 Å². The monoisotopic (exact) mass is 236 g/mol. The van der Waals surface area contributed by atoms with Crippen molar-refractivity contribution in [1.29, 1.82) is 0 Å². The zero-order valence-corrected chi connectivity index (χ0v) is 11.4. The molecule has 0 aromatic heterocycles. The van der Waals surface area contributed by atoms with E-state index in [-0.39, 0.29) is 0 Å². The fraction of sp³-hybridized carbons (Fsp3) is 0.875. The largest absolute Gasteiger partial charge is 0.379 e. The van der Waals surface area contributed by atoms with Gasteiger partial charge in [-0.2, -0.15) is 0 Å². The molecule has 0 aromatic rings. The van der Waals surface area contributed by atoms with Crippen LogP contribution >= 0.6 is 0 Å². The summed E-state index contributed by atoms with van der Waals surface area (Å²) in [7, 11) is 0. The molecular weight excluding hydrogens is 208 g/mol. The summed E-state index contributed by atoms with van der Waals surface area (Å²) in [5, 5.41) is 0. The maximum Gasteiger partial charge on any atom is 0.0575 e. The van der Waals surface area contributed by atoms with E-state index in [1.54, 1.807) is 0 Å². The van der Waals surface area contributed by atoms with E-state index in [9.17, 15) is 0 Å². The minimum absolute atomic E-state index is 0.570. The molecule has 0 spiro atoms. The highest BCUT2D eigenvalue weighted by Crippen LogP contribution is 2.40. The van der Waals surface area contributed by atoms with Crippen molar-refractivity contribution in [1.82, 2.24) is 0 Å². The van der Waals surface area contributed by atoms with Gasteiger partial charge in [-0.1, -0.05) is 6.08 Å². The van der Waals surface area contributed by atoms with Gasteiger partial charge in [0.1, 0.15) is 0 Å². The molecule has 0 saturated heterocycles. The Morgan fingerprint density at radius 3 is 1.94 bits per heavy atom. The topological polar surface area (TPSA) is 9.23 Å². The van der Waals surface area contributed by atoms with E-state index < -0.39 is 0 Å². The van der Waals surface area contributed by atoms with Gasteiger partial charge < -0.3 is 4.74 Å². The predicted molar refractivity (Wildman–Crippen MR) is 73.0 cm³/mol. The molecule has 0 heterocycles. The fourth-order valence-electron chi connectivity index (χ4n) is 3.81. The number of hydrogen-bond donors (Lipinski definition) is 0. The Balaban J connectivity index is 1.72. The second-order valence-corrected chi connectivity index (χ2v) is 5.90. The molecule has 2 saturated carbocycles. The molecule has 2 rings (SSSR count). The van der Waals surface area contributed by atoms with Crippen molar-refractivity contribution < 1.29 is 4.74 Å². The Hall–Kier alpha value is -0.300. The first kappa shape index (κ1) is 13.1. The lowest BCUT2D eigenvalue weighted by Crippen LogP contribution is -2.28. The Morgan fingerprint density at radius 2 is 1.47 bits per heavy atom. The van der Waals surface area contributed by atoms with E-state index in [4.69, 9.17) is 4.74 Å². The van der Waals surface area contributed by atoms with Crippen molar-refractivity contribution in [3.63, 3.8) is 0 Å². The zero-order chi connectivity index (χ0) is 12.1. The highest BCUT2D eigenvalue weighted by molar-refractivity contribution is 4.87. The second-order valence-electron chi connectivity index (χ2n) is 5.90. The van der Waals surface area contributed by atoms with Crippen molar-refractivity contribution in [2.45, 2.75) is 64.4 Å². The Morgan fingerprint density at radius 1 is 0.941 bits per heavy atom. The molecule has 0 unspecified atom stereocenters. The lowest BCUT2D eigenvalue weighted by atomic mass is 9.70. The SMILES string of the molecule is C=C[C@H]1CC[C@H](C2CCC(OCC)CC2)CC1. The minimum atomic E-state index is 0.570. The summed E-state index contributed by atoms with van der Waals surface area (Å²) >= 11 is 0. The van der Waals surface area contributed by atoms with Crippen LogP contribution in [0.4, 0.5) is 0 Å². The Bertz CT molecular complexity index is 220. The van der Waals surface area contributed by atoms with E-state index in [2.05, 4.69) is 19.6 Å². The summed E-state index contributed by atoms with van der Waals surface area (Å²) < 4.78 is 5.74. The molecule has 1 nitrogen and oxygen atoms in total. The van der Waals surface area contributed by atoms with Crippen LogP contribution in [0.2, 0.25) is 0 Å². The van der Waals surface area contributed by atoms with Crippen molar-refractivity contribution in [3.05, 3.63) is 12.7 Å². The molecule has 2 aliphatic rings. The van der Waals surface area contributed by atoms with Crippen LogP contribution in [0.1, 0.15) is 58.3 Å². The van der Waals surface area contributed by atoms with Crippen molar-refractivity contribution in [3.8, 4) is 0 Å². The Labute approximate surface area is 107 Å². The molecule has 0 aromatic carbocycles. The van der Waals surface area contributed by atoms with Gasteiger partial charge >= 0.3 is 0 Å². The van der Waals surface area contributed by atoms with Crippen molar-refractivity contribution in [2.24, 2.45) is 17.8 Å². The number of allylic oxidation sites excluding steroid dienone is 1. The first-order chi connectivity index (χ1) is 8.33. The molecular formula is C16H28O. The molecule has 17 heavy (non-hydrogen) atoms. The lowest BCUT2D eigenvalue weighted by Gasteiger charge is -2.37. The summed E-state index contributed by atoms with van der Waals surface area (Å²) in [5.74, 6) is 2.82. The quantitative estimate of drug-likeness (QED) is 0.649. The van der Waals surface area contributed by atoms with Gasteiger partial charge in [0.15, 0.2) is 0 Å². The van der Waals surface area contributed by atoms with Gasteiger partial charge in [-0.05, 0) is 76.0 Å². The van der Waals surface area contributed by atoms with Crippen LogP contribution in [0.25, 0.3) is 0 Å². The Kier molecular flexibility index (Phi) is 5.09. The van der Waals surface area contributed by atoms with E-state index in [0.717, 1.165) is 24.4 Å². The summed E-state index contributed by atoms with van der Waals surface area (Å²) in [4.78, 5) is 0. The third-order valence-electron chi connectivity index (χ3n) is 4.94. The van der Waals surface area contributed by atoms with Gasteiger partial charge in [-0.15, -0.1) is 6.58 Å². The summed E-state index contributed by atoms with van der Waals surface area (Å²) in [6, 6.07) is 0. The first-order valence-electron chi connectivity index (χ1n) is 7.57. The first-order valence-corrected chi connectivity index (χ1v) is 7.57. The van der Waals surface area contributed by atoms with E-state index >= 15 is 0 Å². The molecule has 0 bridgehead atoms. The average molecular weight is 236 g/mol. The number of ether oxygens (including phenoxy) is 1. The lowest BCUT2D eigenvalue weighted by molar-refractivity contribution is 0.0142. The molecule has 98 valence electrons. The van der Waals surface area contributed by atoms with Gasteiger partial charge in [0, 0.05) is 6.61 Å². The van der Waals surface area contributed by atoms with E-state index in [0.29, 0.717) is 6.10 Å². The number of hydrogen-bond acceptors (Lipinski definition) is 1. The van der Waals surface area contributed by atoms with E-state index in [1.165, 1.54) is 51.4 Å². The second kappa shape index (κ2) is 6.58. The van der Waals surface area contributed by atoms with Crippen LogP contribution in [0, 0.1) is 17.8 Å². The molecule has 0 atom stereocenters. The molecule has 2 aliphatic carbocycles. The highest BCUT2D eigenvalue weighted by atomic mass is 16.5. The fourth-order valence-corrected chi connectivity index (χ4v) is 3.81.